The Balaban J connectivity index is 3.40. The summed E-state index contributed by atoms with van der Waals surface area (Å²) < 4.78 is 0. The van der Waals surface area contributed by atoms with Crippen molar-refractivity contribution >= 4 is 11.8 Å². The van der Waals surface area contributed by atoms with Crippen LogP contribution in [0.1, 0.15) is 52.9 Å². The fourth-order valence-electron chi connectivity index (χ4n) is 1.63. The average molecular weight is 217 g/mol. The molecular formula is C12H27NS. The van der Waals surface area contributed by atoms with Crippen molar-refractivity contribution in [1.29, 1.82) is 0 Å². The van der Waals surface area contributed by atoms with E-state index in [1.54, 1.807) is 0 Å². The SMILES string of the molecule is CCCCC(CCC)NCCSCC. The van der Waals surface area contributed by atoms with Gasteiger partial charge in [0.05, 0.1) is 0 Å². The van der Waals surface area contributed by atoms with Crippen LogP contribution in [0.4, 0.5) is 0 Å². The lowest BCUT2D eigenvalue weighted by molar-refractivity contribution is 0.446. The Morgan fingerprint density at radius 2 is 1.86 bits per heavy atom. The smallest absolute Gasteiger partial charge is 0.00672 e. The summed E-state index contributed by atoms with van der Waals surface area (Å²) in [6.07, 6.45) is 6.71. The van der Waals surface area contributed by atoms with Crippen molar-refractivity contribution in [2.75, 3.05) is 18.1 Å². The number of rotatable bonds is 10. The molecule has 1 N–H and O–H groups in total. The van der Waals surface area contributed by atoms with Gasteiger partial charge in [-0.25, -0.2) is 0 Å². The predicted octanol–water partition coefficient (Wildman–Crippen LogP) is 3.69. The van der Waals surface area contributed by atoms with Gasteiger partial charge < -0.3 is 5.32 Å². The van der Waals surface area contributed by atoms with Crippen molar-refractivity contribution in [3.05, 3.63) is 0 Å². The van der Waals surface area contributed by atoms with Crippen LogP contribution in [0.25, 0.3) is 0 Å². The van der Waals surface area contributed by atoms with Crippen molar-refractivity contribution < 1.29 is 0 Å². The van der Waals surface area contributed by atoms with E-state index in [4.69, 9.17) is 0 Å². The van der Waals surface area contributed by atoms with E-state index in [2.05, 4.69) is 26.1 Å². The molecule has 0 amide bonds. The molecule has 1 unspecified atom stereocenters. The Kier molecular flexibility index (Phi) is 11.6. The van der Waals surface area contributed by atoms with Crippen molar-refractivity contribution in [3.8, 4) is 0 Å². The zero-order valence-corrected chi connectivity index (χ0v) is 11.0. The summed E-state index contributed by atoms with van der Waals surface area (Å²) in [6.45, 7) is 7.97. The standard InChI is InChI=1S/C12H27NS/c1-4-7-9-12(8-5-2)13-10-11-14-6-3/h12-13H,4-11H2,1-3H3. The van der Waals surface area contributed by atoms with Gasteiger partial charge in [0.15, 0.2) is 0 Å². The maximum Gasteiger partial charge on any atom is 0.00672 e. The Labute approximate surface area is 94.4 Å². The van der Waals surface area contributed by atoms with Crippen LogP contribution in [0.2, 0.25) is 0 Å². The maximum atomic E-state index is 3.67. The first kappa shape index (κ1) is 14.3. The molecule has 0 saturated heterocycles. The fourth-order valence-corrected chi connectivity index (χ4v) is 2.18. The van der Waals surface area contributed by atoms with E-state index in [-0.39, 0.29) is 0 Å². The lowest BCUT2D eigenvalue weighted by Crippen LogP contribution is -2.30. The summed E-state index contributed by atoms with van der Waals surface area (Å²) in [5.74, 6) is 2.51. The molecule has 0 aliphatic rings. The van der Waals surface area contributed by atoms with Gasteiger partial charge in [-0.15, -0.1) is 0 Å². The molecule has 0 heterocycles. The highest BCUT2D eigenvalue weighted by atomic mass is 32.2. The quantitative estimate of drug-likeness (QED) is 0.560. The van der Waals surface area contributed by atoms with Crippen molar-refractivity contribution in [1.82, 2.24) is 5.32 Å². The van der Waals surface area contributed by atoms with Gasteiger partial charge in [0, 0.05) is 18.3 Å². The molecule has 0 fully saturated rings. The Morgan fingerprint density at radius 3 is 2.43 bits per heavy atom. The van der Waals surface area contributed by atoms with Crippen LogP contribution in [-0.4, -0.2) is 24.1 Å². The molecule has 0 aromatic rings. The van der Waals surface area contributed by atoms with Crippen LogP contribution in [0, 0.1) is 0 Å². The van der Waals surface area contributed by atoms with Gasteiger partial charge in [0.1, 0.15) is 0 Å². The van der Waals surface area contributed by atoms with E-state index in [1.807, 2.05) is 11.8 Å². The van der Waals surface area contributed by atoms with Crippen molar-refractivity contribution in [2.45, 2.75) is 58.9 Å². The zero-order valence-electron chi connectivity index (χ0n) is 10.1. The first-order valence-electron chi connectivity index (χ1n) is 6.16. The minimum Gasteiger partial charge on any atom is -0.313 e. The molecule has 1 atom stereocenters. The summed E-state index contributed by atoms with van der Waals surface area (Å²) in [6, 6.07) is 0.775. The minimum atomic E-state index is 0.775. The molecule has 14 heavy (non-hydrogen) atoms. The zero-order chi connectivity index (χ0) is 10.6. The molecule has 2 heteroatoms. The lowest BCUT2D eigenvalue weighted by Gasteiger charge is -2.17. The summed E-state index contributed by atoms with van der Waals surface area (Å²) in [5.41, 5.74) is 0. The third kappa shape index (κ3) is 8.89. The molecule has 0 rings (SSSR count). The van der Waals surface area contributed by atoms with E-state index >= 15 is 0 Å². The Bertz CT molecular complexity index is 106. The van der Waals surface area contributed by atoms with Gasteiger partial charge in [-0.05, 0) is 18.6 Å². The topological polar surface area (TPSA) is 12.0 Å². The lowest BCUT2D eigenvalue weighted by atomic mass is 10.1. The molecule has 0 aromatic heterocycles. The van der Waals surface area contributed by atoms with Gasteiger partial charge in [0.25, 0.3) is 0 Å². The summed E-state index contributed by atoms with van der Waals surface area (Å²) in [5, 5.41) is 3.67. The average Bonchev–Trinajstić information content (AvgIpc) is 2.20. The molecule has 0 spiro atoms. The monoisotopic (exact) mass is 217 g/mol. The number of hydrogen-bond donors (Lipinski definition) is 1. The van der Waals surface area contributed by atoms with E-state index in [0.717, 1.165) is 6.04 Å². The van der Waals surface area contributed by atoms with Gasteiger partial charge in [-0.3, -0.25) is 0 Å². The largest absolute Gasteiger partial charge is 0.313 e. The number of thioether (sulfide) groups is 1. The number of hydrogen-bond acceptors (Lipinski definition) is 2. The van der Waals surface area contributed by atoms with Gasteiger partial charge in [-0.2, -0.15) is 11.8 Å². The number of nitrogens with one attached hydrogen (secondary N) is 1. The summed E-state index contributed by atoms with van der Waals surface area (Å²) in [7, 11) is 0. The molecule has 0 bridgehead atoms. The fraction of sp³-hybridized carbons (Fsp3) is 1.00. The second-order valence-corrected chi connectivity index (χ2v) is 5.17. The van der Waals surface area contributed by atoms with Crippen LogP contribution in [0.3, 0.4) is 0 Å². The third-order valence-electron chi connectivity index (χ3n) is 2.43. The first-order chi connectivity index (χ1) is 6.85. The van der Waals surface area contributed by atoms with Gasteiger partial charge in [-0.1, -0.05) is 40.0 Å². The molecule has 0 aliphatic heterocycles. The number of unbranched alkanes of at least 4 members (excludes halogenated alkanes) is 1. The van der Waals surface area contributed by atoms with Crippen molar-refractivity contribution in [2.24, 2.45) is 0 Å². The van der Waals surface area contributed by atoms with Crippen LogP contribution >= 0.6 is 11.8 Å². The van der Waals surface area contributed by atoms with Gasteiger partial charge in [0.2, 0.25) is 0 Å². The van der Waals surface area contributed by atoms with E-state index in [1.165, 1.54) is 50.2 Å². The second-order valence-electron chi connectivity index (χ2n) is 3.78. The third-order valence-corrected chi connectivity index (χ3v) is 3.33. The molecule has 0 radical (unpaired) electrons. The molecule has 1 nitrogen and oxygen atoms in total. The first-order valence-corrected chi connectivity index (χ1v) is 7.31. The minimum absolute atomic E-state index is 0.775. The molecular weight excluding hydrogens is 190 g/mol. The van der Waals surface area contributed by atoms with Crippen LogP contribution in [-0.2, 0) is 0 Å². The normalized spacial score (nSPS) is 13.1. The highest BCUT2D eigenvalue weighted by Gasteiger charge is 2.04. The Morgan fingerprint density at radius 1 is 1.07 bits per heavy atom. The summed E-state index contributed by atoms with van der Waals surface area (Å²) >= 11 is 2.03. The highest BCUT2D eigenvalue weighted by molar-refractivity contribution is 7.99. The second kappa shape index (κ2) is 11.4. The molecule has 0 aliphatic carbocycles. The van der Waals surface area contributed by atoms with Crippen LogP contribution < -0.4 is 5.32 Å². The molecule has 86 valence electrons. The predicted molar refractivity (Wildman–Crippen MR) is 69.2 cm³/mol. The van der Waals surface area contributed by atoms with E-state index in [9.17, 15) is 0 Å². The summed E-state index contributed by atoms with van der Waals surface area (Å²) in [4.78, 5) is 0. The highest BCUT2D eigenvalue weighted by Crippen LogP contribution is 2.07. The molecule has 0 saturated carbocycles. The van der Waals surface area contributed by atoms with Gasteiger partial charge >= 0.3 is 0 Å². The van der Waals surface area contributed by atoms with Crippen LogP contribution in [0.15, 0.2) is 0 Å². The Hall–Kier alpha value is 0.310. The molecule has 0 aromatic carbocycles. The van der Waals surface area contributed by atoms with Crippen molar-refractivity contribution in [3.63, 3.8) is 0 Å². The van der Waals surface area contributed by atoms with Crippen LogP contribution in [0.5, 0.6) is 0 Å². The van der Waals surface area contributed by atoms with E-state index < -0.39 is 0 Å². The maximum absolute atomic E-state index is 3.67. The van der Waals surface area contributed by atoms with E-state index in [0.29, 0.717) is 0 Å².